The van der Waals surface area contributed by atoms with Gasteiger partial charge in [-0.05, 0) is 38.6 Å². The number of unbranched alkanes of at least 4 members (excludes halogenated alkanes) is 1. The third-order valence-electron chi connectivity index (χ3n) is 2.52. The van der Waals surface area contributed by atoms with Crippen LogP contribution in [0, 0.1) is 5.92 Å². The van der Waals surface area contributed by atoms with Gasteiger partial charge in [0.2, 0.25) is 5.91 Å². The molecule has 0 aromatic rings. The molecule has 5 N–H and O–H groups in total. The van der Waals surface area contributed by atoms with Crippen molar-refractivity contribution in [2.45, 2.75) is 58.5 Å². The van der Waals surface area contributed by atoms with Gasteiger partial charge in [-0.2, -0.15) is 0 Å². The fourth-order valence-electron chi connectivity index (χ4n) is 1.76. The molecule has 0 saturated carbocycles. The Morgan fingerprint density at radius 3 is 2.38 bits per heavy atom. The topological polar surface area (TPSA) is 81.1 Å². The lowest BCUT2D eigenvalue weighted by Crippen LogP contribution is -2.44. The number of nitrogens with one attached hydrogen (secondary N) is 1. The molecule has 2 atom stereocenters. The van der Waals surface area contributed by atoms with Gasteiger partial charge in [0.15, 0.2) is 0 Å². The predicted octanol–water partition coefficient (Wildman–Crippen LogP) is 0.994. The maximum Gasteiger partial charge on any atom is 0.237 e. The highest BCUT2D eigenvalue weighted by molar-refractivity contribution is 5.81. The van der Waals surface area contributed by atoms with E-state index >= 15 is 0 Å². The monoisotopic (exact) mass is 229 g/mol. The summed E-state index contributed by atoms with van der Waals surface area (Å²) in [7, 11) is 0. The van der Waals surface area contributed by atoms with Crippen LogP contribution in [0.4, 0.5) is 0 Å². The Morgan fingerprint density at radius 2 is 1.88 bits per heavy atom. The van der Waals surface area contributed by atoms with Gasteiger partial charge in [0.1, 0.15) is 0 Å². The smallest absolute Gasteiger partial charge is 0.237 e. The first kappa shape index (κ1) is 15.4. The van der Waals surface area contributed by atoms with Crippen molar-refractivity contribution in [3.63, 3.8) is 0 Å². The van der Waals surface area contributed by atoms with Crippen molar-refractivity contribution in [2.75, 3.05) is 6.54 Å². The highest BCUT2D eigenvalue weighted by atomic mass is 16.2. The van der Waals surface area contributed by atoms with Crippen LogP contribution in [0.3, 0.4) is 0 Å². The van der Waals surface area contributed by atoms with E-state index in [1.807, 2.05) is 6.92 Å². The Bertz CT molecular complexity index is 195. The summed E-state index contributed by atoms with van der Waals surface area (Å²) in [5.74, 6) is 0.550. The van der Waals surface area contributed by atoms with E-state index in [9.17, 15) is 4.79 Å². The molecule has 16 heavy (non-hydrogen) atoms. The average Bonchev–Trinajstić information content (AvgIpc) is 2.16. The predicted molar refractivity (Wildman–Crippen MR) is 67.9 cm³/mol. The van der Waals surface area contributed by atoms with E-state index in [-0.39, 0.29) is 18.0 Å². The van der Waals surface area contributed by atoms with E-state index in [1.54, 1.807) is 0 Å². The Kier molecular flexibility index (Phi) is 8.21. The lowest BCUT2D eigenvalue weighted by Gasteiger charge is -2.18. The first-order chi connectivity index (χ1) is 7.47. The molecule has 4 heteroatoms. The van der Waals surface area contributed by atoms with Crippen LogP contribution in [0.25, 0.3) is 0 Å². The second-order valence-electron chi connectivity index (χ2n) is 4.93. The second kappa shape index (κ2) is 8.53. The molecule has 0 fully saturated rings. The third kappa shape index (κ3) is 7.65. The molecule has 2 unspecified atom stereocenters. The summed E-state index contributed by atoms with van der Waals surface area (Å²) < 4.78 is 0. The molecule has 0 aromatic heterocycles. The van der Waals surface area contributed by atoms with Gasteiger partial charge in [0, 0.05) is 6.04 Å². The Labute approximate surface area is 99.1 Å². The van der Waals surface area contributed by atoms with Crippen molar-refractivity contribution < 1.29 is 4.79 Å². The molecule has 0 aliphatic carbocycles. The Hall–Kier alpha value is -0.610. The van der Waals surface area contributed by atoms with Gasteiger partial charge in [-0.3, -0.25) is 4.79 Å². The molecule has 0 aliphatic heterocycles. The zero-order valence-electron chi connectivity index (χ0n) is 10.8. The molecule has 1 amide bonds. The molecular formula is C12H27N3O. The summed E-state index contributed by atoms with van der Waals surface area (Å²) in [6, 6.07) is -0.186. The van der Waals surface area contributed by atoms with Crippen molar-refractivity contribution in [3.05, 3.63) is 0 Å². The molecule has 0 spiro atoms. The van der Waals surface area contributed by atoms with Crippen LogP contribution in [0.5, 0.6) is 0 Å². The van der Waals surface area contributed by atoms with E-state index in [0.717, 1.165) is 25.7 Å². The van der Waals surface area contributed by atoms with Crippen LogP contribution >= 0.6 is 0 Å². The van der Waals surface area contributed by atoms with Crippen LogP contribution in [0.1, 0.15) is 46.5 Å². The number of amides is 1. The number of carbonyl (C=O) groups excluding carboxylic acids is 1. The van der Waals surface area contributed by atoms with Gasteiger partial charge in [-0.25, -0.2) is 0 Å². The van der Waals surface area contributed by atoms with Crippen molar-refractivity contribution in [1.29, 1.82) is 0 Å². The van der Waals surface area contributed by atoms with Gasteiger partial charge >= 0.3 is 0 Å². The lowest BCUT2D eigenvalue weighted by molar-refractivity contribution is -0.123. The summed E-state index contributed by atoms with van der Waals surface area (Å²) in [6.07, 6.45) is 3.56. The third-order valence-corrected chi connectivity index (χ3v) is 2.52. The van der Waals surface area contributed by atoms with Gasteiger partial charge in [0.05, 0.1) is 6.04 Å². The normalized spacial score (nSPS) is 14.9. The van der Waals surface area contributed by atoms with Gasteiger partial charge < -0.3 is 16.8 Å². The number of hydrogen-bond acceptors (Lipinski definition) is 3. The van der Waals surface area contributed by atoms with Crippen LogP contribution in [0.2, 0.25) is 0 Å². The van der Waals surface area contributed by atoms with Crippen LogP contribution in [-0.4, -0.2) is 24.5 Å². The molecule has 0 heterocycles. The highest BCUT2D eigenvalue weighted by Crippen LogP contribution is 2.05. The number of hydrogen-bond donors (Lipinski definition) is 3. The lowest BCUT2D eigenvalue weighted by atomic mass is 10.0. The van der Waals surface area contributed by atoms with Crippen molar-refractivity contribution >= 4 is 5.91 Å². The largest absolute Gasteiger partial charge is 0.352 e. The minimum absolute atomic E-state index is 0.0369. The summed E-state index contributed by atoms with van der Waals surface area (Å²) in [6.45, 7) is 6.97. The van der Waals surface area contributed by atoms with E-state index in [0.29, 0.717) is 12.5 Å². The fourth-order valence-corrected chi connectivity index (χ4v) is 1.76. The van der Waals surface area contributed by atoms with E-state index < -0.39 is 0 Å². The Balaban J connectivity index is 3.77. The Morgan fingerprint density at radius 1 is 1.25 bits per heavy atom. The van der Waals surface area contributed by atoms with Crippen molar-refractivity contribution in [1.82, 2.24) is 5.32 Å². The van der Waals surface area contributed by atoms with Crippen LogP contribution in [-0.2, 0) is 4.79 Å². The number of rotatable bonds is 8. The minimum atomic E-state index is -0.388. The second-order valence-corrected chi connectivity index (χ2v) is 4.93. The fraction of sp³-hybridized carbons (Fsp3) is 0.917. The molecule has 0 bridgehead atoms. The van der Waals surface area contributed by atoms with Crippen LogP contribution < -0.4 is 16.8 Å². The van der Waals surface area contributed by atoms with E-state index in [4.69, 9.17) is 11.5 Å². The summed E-state index contributed by atoms with van der Waals surface area (Å²) in [5.41, 5.74) is 11.2. The standard InChI is InChI=1S/C12H27N3O/c1-9(2)8-10(3)15-12(16)11(14)6-4-5-7-13/h9-11H,4-8,13-14H2,1-3H3,(H,15,16). The highest BCUT2D eigenvalue weighted by Gasteiger charge is 2.15. The average molecular weight is 229 g/mol. The maximum absolute atomic E-state index is 11.7. The molecule has 96 valence electrons. The molecule has 0 saturated heterocycles. The summed E-state index contributed by atoms with van der Waals surface area (Å²) in [5, 5.41) is 2.94. The maximum atomic E-state index is 11.7. The van der Waals surface area contributed by atoms with Gasteiger partial charge in [-0.1, -0.05) is 20.3 Å². The van der Waals surface area contributed by atoms with Crippen molar-refractivity contribution in [2.24, 2.45) is 17.4 Å². The van der Waals surface area contributed by atoms with E-state index in [1.165, 1.54) is 0 Å². The molecule has 0 rings (SSSR count). The molecule has 0 radical (unpaired) electrons. The zero-order chi connectivity index (χ0) is 12.6. The summed E-state index contributed by atoms with van der Waals surface area (Å²) in [4.78, 5) is 11.7. The number of carbonyl (C=O) groups is 1. The van der Waals surface area contributed by atoms with Crippen molar-refractivity contribution in [3.8, 4) is 0 Å². The zero-order valence-corrected chi connectivity index (χ0v) is 10.8. The SMILES string of the molecule is CC(C)CC(C)NC(=O)C(N)CCCCN. The van der Waals surface area contributed by atoms with E-state index in [2.05, 4.69) is 19.2 Å². The van der Waals surface area contributed by atoms with Gasteiger partial charge in [-0.15, -0.1) is 0 Å². The molecule has 4 nitrogen and oxygen atoms in total. The first-order valence-corrected chi connectivity index (χ1v) is 6.23. The molecule has 0 aliphatic rings. The number of nitrogens with two attached hydrogens (primary N) is 2. The molecular weight excluding hydrogens is 202 g/mol. The molecule has 0 aromatic carbocycles. The van der Waals surface area contributed by atoms with Crippen LogP contribution in [0.15, 0.2) is 0 Å². The summed E-state index contributed by atoms with van der Waals surface area (Å²) >= 11 is 0. The quantitative estimate of drug-likeness (QED) is 0.543. The minimum Gasteiger partial charge on any atom is -0.352 e. The first-order valence-electron chi connectivity index (χ1n) is 6.23. The van der Waals surface area contributed by atoms with Gasteiger partial charge in [0.25, 0.3) is 0 Å².